The van der Waals surface area contributed by atoms with Gasteiger partial charge >= 0.3 is 0 Å². The predicted octanol–water partition coefficient (Wildman–Crippen LogP) is 2.06. The molecule has 0 aromatic heterocycles. The zero-order valence-corrected chi connectivity index (χ0v) is 10.9. The van der Waals surface area contributed by atoms with Gasteiger partial charge in [0.1, 0.15) is 0 Å². The molecule has 3 heteroatoms. The molecule has 0 spiro atoms. The van der Waals surface area contributed by atoms with Gasteiger partial charge in [-0.05, 0) is 24.7 Å². The molecule has 1 saturated carbocycles. The van der Waals surface area contributed by atoms with Crippen LogP contribution in [0.3, 0.4) is 0 Å². The Balaban J connectivity index is 2.43. The second-order valence-electron chi connectivity index (χ2n) is 5.67. The standard InChI is InChI=1S/C13H26N2O/c1-10(2)11(3)8-12(16)15-13(9-14)6-4-5-7-13/h10-11H,4-9,14H2,1-3H3,(H,15,16). The summed E-state index contributed by atoms with van der Waals surface area (Å²) < 4.78 is 0. The summed E-state index contributed by atoms with van der Waals surface area (Å²) in [6.45, 7) is 7.03. The van der Waals surface area contributed by atoms with E-state index in [9.17, 15) is 4.79 Å². The number of hydrogen-bond acceptors (Lipinski definition) is 2. The number of amides is 1. The van der Waals surface area contributed by atoms with Crippen LogP contribution < -0.4 is 11.1 Å². The van der Waals surface area contributed by atoms with Crippen LogP contribution >= 0.6 is 0 Å². The van der Waals surface area contributed by atoms with Gasteiger partial charge in [-0.1, -0.05) is 33.6 Å². The van der Waals surface area contributed by atoms with Crippen LogP contribution in [0.1, 0.15) is 52.9 Å². The first-order valence-electron chi connectivity index (χ1n) is 6.50. The molecular formula is C13H26N2O. The van der Waals surface area contributed by atoms with Crippen molar-refractivity contribution >= 4 is 5.91 Å². The molecule has 1 aliphatic rings. The normalized spacial score (nSPS) is 21.1. The summed E-state index contributed by atoms with van der Waals surface area (Å²) in [5, 5.41) is 3.16. The first kappa shape index (κ1) is 13.5. The topological polar surface area (TPSA) is 55.1 Å². The van der Waals surface area contributed by atoms with Gasteiger partial charge in [-0.15, -0.1) is 0 Å². The van der Waals surface area contributed by atoms with E-state index in [0.29, 0.717) is 24.8 Å². The summed E-state index contributed by atoms with van der Waals surface area (Å²) in [5.74, 6) is 1.17. The highest BCUT2D eigenvalue weighted by molar-refractivity contribution is 5.77. The van der Waals surface area contributed by atoms with Gasteiger partial charge in [0, 0.05) is 13.0 Å². The van der Waals surface area contributed by atoms with Crippen molar-refractivity contribution in [1.29, 1.82) is 0 Å². The van der Waals surface area contributed by atoms with Gasteiger partial charge in [0.15, 0.2) is 0 Å². The molecule has 0 radical (unpaired) electrons. The summed E-state index contributed by atoms with van der Waals surface area (Å²) >= 11 is 0. The van der Waals surface area contributed by atoms with Crippen LogP contribution in [0.4, 0.5) is 0 Å². The highest BCUT2D eigenvalue weighted by Gasteiger charge is 2.33. The number of carbonyl (C=O) groups is 1. The summed E-state index contributed by atoms with van der Waals surface area (Å²) in [7, 11) is 0. The number of rotatable bonds is 5. The fourth-order valence-corrected chi connectivity index (χ4v) is 2.31. The quantitative estimate of drug-likeness (QED) is 0.754. The Kier molecular flexibility index (Phi) is 4.78. The summed E-state index contributed by atoms with van der Waals surface area (Å²) in [4.78, 5) is 11.9. The molecule has 1 aliphatic carbocycles. The maximum atomic E-state index is 11.9. The van der Waals surface area contributed by atoms with Crippen LogP contribution in [-0.4, -0.2) is 18.0 Å². The summed E-state index contributed by atoms with van der Waals surface area (Å²) in [5.41, 5.74) is 5.70. The van der Waals surface area contributed by atoms with Crippen LogP contribution in [0, 0.1) is 11.8 Å². The van der Waals surface area contributed by atoms with Crippen molar-refractivity contribution < 1.29 is 4.79 Å². The largest absolute Gasteiger partial charge is 0.349 e. The molecule has 1 rings (SSSR count). The molecular weight excluding hydrogens is 200 g/mol. The van der Waals surface area contributed by atoms with E-state index in [1.165, 1.54) is 12.8 Å². The third-order valence-corrected chi connectivity index (χ3v) is 4.00. The maximum absolute atomic E-state index is 11.9. The molecule has 1 amide bonds. The molecule has 0 saturated heterocycles. The van der Waals surface area contributed by atoms with Crippen LogP contribution in [-0.2, 0) is 4.79 Å². The minimum absolute atomic E-state index is 0.0895. The van der Waals surface area contributed by atoms with Gasteiger partial charge < -0.3 is 11.1 Å². The molecule has 3 nitrogen and oxygen atoms in total. The maximum Gasteiger partial charge on any atom is 0.220 e. The van der Waals surface area contributed by atoms with Gasteiger partial charge in [-0.25, -0.2) is 0 Å². The van der Waals surface area contributed by atoms with E-state index in [1.807, 2.05) is 0 Å². The van der Waals surface area contributed by atoms with Crippen molar-refractivity contribution in [3.8, 4) is 0 Å². The fraction of sp³-hybridized carbons (Fsp3) is 0.923. The van der Waals surface area contributed by atoms with Crippen LogP contribution in [0.15, 0.2) is 0 Å². The molecule has 0 aromatic rings. The van der Waals surface area contributed by atoms with E-state index in [2.05, 4.69) is 26.1 Å². The van der Waals surface area contributed by atoms with Crippen LogP contribution in [0.2, 0.25) is 0 Å². The molecule has 0 bridgehead atoms. The van der Waals surface area contributed by atoms with E-state index in [0.717, 1.165) is 12.8 Å². The number of hydrogen-bond donors (Lipinski definition) is 2. The van der Waals surface area contributed by atoms with Gasteiger partial charge in [0.05, 0.1) is 5.54 Å². The van der Waals surface area contributed by atoms with E-state index in [4.69, 9.17) is 5.73 Å². The predicted molar refractivity (Wildman–Crippen MR) is 67.0 cm³/mol. The highest BCUT2D eigenvalue weighted by atomic mass is 16.1. The lowest BCUT2D eigenvalue weighted by atomic mass is 9.92. The summed E-state index contributed by atoms with van der Waals surface area (Å²) in [6.07, 6.45) is 5.10. The molecule has 16 heavy (non-hydrogen) atoms. The Bertz CT molecular complexity index is 232. The van der Waals surface area contributed by atoms with Gasteiger partial charge in [-0.3, -0.25) is 4.79 Å². The van der Waals surface area contributed by atoms with Crippen molar-refractivity contribution in [1.82, 2.24) is 5.32 Å². The van der Waals surface area contributed by atoms with E-state index < -0.39 is 0 Å². The van der Waals surface area contributed by atoms with Crippen molar-refractivity contribution in [3.05, 3.63) is 0 Å². The third kappa shape index (κ3) is 3.48. The number of nitrogens with one attached hydrogen (secondary N) is 1. The van der Waals surface area contributed by atoms with E-state index in [1.54, 1.807) is 0 Å². The van der Waals surface area contributed by atoms with E-state index >= 15 is 0 Å². The lowest BCUT2D eigenvalue weighted by Crippen LogP contribution is -2.52. The lowest BCUT2D eigenvalue weighted by molar-refractivity contribution is -0.124. The minimum Gasteiger partial charge on any atom is -0.349 e. The average Bonchev–Trinajstić information content (AvgIpc) is 2.66. The lowest BCUT2D eigenvalue weighted by Gasteiger charge is -2.29. The number of carbonyl (C=O) groups excluding carboxylic acids is 1. The smallest absolute Gasteiger partial charge is 0.220 e. The molecule has 1 unspecified atom stereocenters. The SMILES string of the molecule is CC(C)C(C)CC(=O)NC1(CN)CCCC1. The first-order valence-corrected chi connectivity index (χ1v) is 6.50. The Morgan fingerprint density at radius 3 is 2.31 bits per heavy atom. The van der Waals surface area contributed by atoms with Crippen LogP contribution in [0.5, 0.6) is 0 Å². The molecule has 94 valence electrons. The van der Waals surface area contributed by atoms with Gasteiger partial charge in [-0.2, -0.15) is 0 Å². The second kappa shape index (κ2) is 5.67. The molecule has 3 N–H and O–H groups in total. The van der Waals surface area contributed by atoms with Crippen molar-refractivity contribution in [2.45, 2.75) is 58.4 Å². The number of nitrogens with two attached hydrogens (primary N) is 1. The molecule has 0 aromatic carbocycles. The average molecular weight is 226 g/mol. The Hall–Kier alpha value is -0.570. The highest BCUT2D eigenvalue weighted by Crippen LogP contribution is 2.29. The Morgan fingerprint density at radius 2 is 1.88 bits per heavy atom. The first-order chi connectivity index (χ1) is 7.49. The fourth-order valence-electron chi connectivity index (χ4n) is 2.31. The Labute approximate surface area is 99.2 Å². The van der Waals surface area contributed by atoms with Gasteiger partial charge in [0.2, 0.25) is 5.91 Å². The third-order valence-electron chi connectivity index (χ3n) is 4.00. The minimum atomic E-state index is -0.0895. The monoisotopic (exact) mass is 226 g/mol. The van der Waals surface area contributed by atoms with E-state index in [-0.39, 0.29) is 11.4 Å². The van der Waals surface area contributed by atoms with Crippen LogP contribution in [0.25, 0.3) is 0 Å². The second-order valence-corrected chi connectivity index (χ2v) is 5.67. The summed E-state index contributed by atoms with van der Waals surface area (Å²) in [6, 6.07) is 0. The molecule has 0 heterocycles. The molecule has 1 fully saturated rings. The van der Waals surface area contributed by atoms with Crippen molar-refractivity contribution in [2.75, 3.05) is 6.54 Å². The van der Waals surface area contributed by atoms with Gasteiger partial charge in [0.25, 0.3) is 0 Å². The van der Waals surface area contributed by atoms with Crippen molar-refractivity contribution in [2.24, 2.45) is 17.6 Å². The Morgan fingerprint density at radius 1 is 1.31 bits per heavy atom. The zero-order chi connectivity index (χ0) is 12.2. The molecule has 1 atom stereocenters. The zero-order valence-electron chi connectivity index (χ0n) is 10.9. The van der Waals surface area contributed by atoms with Crippen molar-refractivity contribution in [3.63, 3.8) is 0 Å². The molecule has 0 aliphatic heterocycles.